The number of amides is 1. The predicted molar refractivity (Wildman–Crippen MR) is 75.1 cm³/mol. The second kappa shape index (κ2) is 6.86. The van der Waals surface area contributed by atoms with E-state index in [0.717, 1.165) is 18.5 Å². The standard InChI is InChI=1S/C15H18N2O3/c18-14(19)9-8-12-5-4-10-17(11-12)16-15(20)13-6-2-1-3-7-13/h1-3,5-7H,4,8-11H2,(H,16,20)(H,18,19). The molecule has 1 aliphatic heterocycles. The third-order valence-corrected chi connectivity index (χ3v) is 3.18. The van der Waals surface area contributed by atoms with Gasteiger partial charge in [0.25, 0.3) is 5.91 Å². The van der Waals surface area contributed by atoms with Gasteiger partial charge in [-0.05, 0) is 25.0 Å². The molecule has 0 bridgehead atoms. The summed E-state index contributed by atoms with van der Waals surface area (Å²) in [7, 11) is 0. The molecule has 1 heterocycles. The van der Waals surface area contributed by atoms with Crippen molar-refractivity contribution in [1.82, 2.24) is 10.4 Å². The van der Waals surface area contributed by atoms with Crippen LogP contribution in [0.3, 0.4) is 0 Å². The lowest BCUT2D eigenvalue weighted by molar-refractivity contribution is -0.136. The van der Waals surface area contributed by atoms with Gasteiger partial charge in [-0.3, -0.25) is 15.0 Å². The van der Waals surface area contributed by atoms with Gasteiger partial charge in [-0.25, -0.2) is 5.01 Å². The van der Waals surface area contributed by atoms with Gasteiger partial charge < -0.3 is 5.11 Å². The summed E-state index contributed by atoms with van der Waals surface area (Å²) in [6.07, 6.45) is 3.55. The first-order valence-corrected chi connectivity index (χ1v) is 6.66. The highest BCUT2D eigenvalue weighted by Gasteiger charge is 2.16. The summed E-state index contributed by atoms with van der Waals surface area (Å²) >= 11 is 0. The zero-order valence-electron chi connectivity index (χ0n) is 11.2. The van der Waals surface area contributed by atoms with Crippen molar-refractivity contribution in [3.05, 3.63) is 47.5 Å². The second-order valence-electron chi connectivity index (χ2n) is 4.77. The Balaban J connectivity index is 1.87. The van der Waals surface area contributed by atoms with Crippen molar-refractivity contribution in [3.8, 4) is 0 Å². The van der Waals surface area contributed by atoms with Crippen LogP contribution in [-0.4, -0.2) is 35.1 Å². The molecule has 0 fully saturated rings. The van der Waals surface area contributed by atoms with Crippen LogP contribution in [0.1, 0.15) is 29.6 Å². The fourth-order valence-electron chi connectivity index (χ4n) is 2.15. The van der Waals surface area contributed by atoms with Crippen molar-refractivity contribution in [3.63, 3.8) is 0 Å². The molecule has 0 unspecified atom stereocenters. The molecule has 0 radical (unpaired) electrons. The molecule has 106 valence electrons. The summed E-state index contributed by atoms with van der Waals surface area (Å²) in [6, 6.07) is 9.04. The highest BCUT2D eigenvalue weighted by molar-refractivity contribution is 5.93. The molecule has 5 heteroatoms. The van der Waals surface area contributed by atoms with Crippen LogP contribution in [0.25, 0.3) is 0 Å². The zero-order chi connectivity index (χ0) is 14.4. The van der Waals surface area contributed by atoms with E-state index < -0.39 is 5.97 Å². The van der Waals surface area contributed by atoms with Gasteiger partial charge in [0, 0.05) is 25.1 Å². The minimum atomic E-state index is -0.795. The fraction of sp³-hybridized carbons (Fsp3) is 0.333. The number of aliphatic carboxylic acids is 1. The molecule has 0 aliphatic carbocycles. The molecule has 0 atom stereocenters. The Morgan fingerprint density at radius 3 is 2.70 bits per heavy atom. The first-order chi connectivity index (χ1) is 9.65. The highest BCUT2D eigenvalue weighted by atomic mass is 16.4. The molecule has 1 amide bonds. The van der Waals surface area contributed by atoms with Crippen molar-refractivity contribution in [2.75, 3.05) is 13.1 Å². The Hall–Kier alpha value is -2.14. The van der Waals surface area contributed by atoms with E-state index in [1.807, 2.05) is 23.2 Å². The van der Waals surface area contributed by atoms with E-state index in [-0.39, 0.29) is 12.3 Å². The maximum absolute atomic E-state index is 12.0. The molecule has 2 N–H and O–H groups in total. The lowest BCUT2D eigenvalue weighted by Crippen LogP contribution is -2.45. The van der Waals surface area contributed by atoms with Gasteiger partial charge in [0.05, 0.1) is 0 Å². The third kappa shape index (κ3) is 4.20. The molecule has 1 aromatic carbocycles. The van der Waals surface area contributed by atoms with Crippen LogP contribution in [0, 0.1) is 0 Å². The maximum atomic E-state index is 12.0. The largest absolute Gasteiger partial charge is 0.481 e. The molecule has 1 aliphatic rings. The quantitative estimate of drug-likeness (QED) is 0.804. The Morgan fingerprint density at radius 1 is 1.25 bits per heavy atom. The highest BCUT2D eigenvalue weighted by Crippen LogP contribution is 2.13. The molecule has 2 rings (SSSR count). The Kier molecular flexibility index (Phi) is 4.90. The van der Waals surface area contributed by atoms with Crippen molar-refractivity contribution < 1.29 is 14.7 Å². The normalized spacial score (nSPS) is 15.5. The molecule has 0 saturated heterocycles. The molecule has 0 spiro atoms. The van der Waals surface area contributed by atoms with Crippen molar-refractivity contribution in [1.29, 1.82) is 0 Å². The summed E-state index contributed by atoms with van der Waals surface area (Å²) in [6.45, 7) is 1.33. The van der Waals surface area contributed by atoms with Crippen LogP contribution in [0.4, 0.5) is 0 Å². The van der Waals surface area contributed by atoms with E-state index in [1.54, 1.807) is 12.1 Å². The van der Waals surface area contributed by atoms with Gasteiger partial charge in [-0.15, -0.1) is 0 Å². The summed E-state index contributed by atoms with van der Waals surface area (Å²) in [4.78, 5) is 22.6. The number of nitrogens with one attached hydrogen (secondary N) is 1. The van der Waals surface area contributed by atoms with E-state index >= 15 is 0 Å². The Morgan fingerprint density at radius 2 is 2.00 bits per heavy atom. The lowest BCUT2D eigenvalue weighted by Gasteiger charge is -2.27. The van der Waals surface area contributed by atoms with Gasteiger partial charge in [0.2, 0.25) is 0 Å². The monoisotopic (exact) mass is 274 g/mol. The van der Waals surface area contributed by atoms with E-state index in [1.165, 1.54) is 0 Å². The molecule has 1 aromatic rings. The number of hydrogen-bond donors (Lipinski definition) is 2. The van der Waals surface area contributed by atoms with Crippen LogP contribution in [0.2, 0.25) is 0 Å². The SMILES string of the molecule is O=C(O)CCC1=CCCN(NC(=O)c2ccccc2)C1. The van der Waals surface area contributed by atoms with Crippen LogP contribution >= 0.6 is 0 Å². The van der Waals surface area contributed by atoms with Gasteiger partial charge >= 0.3 is 5.97 Å². The number of benzene rings is 1. The van der Waals surface area contributed by atoms with Gasteiger partial charge in [0.15, 0.2) is 0 Å². The number of carbonyl (C=O) groups excluding carboxylic acids is 1. The number of carboxylic acid groups (broad SMARTS) is 1. The van der Waals surface area contributed by atoms with E-state index in [0.29, 0.717) is 18.5 Å². The molecular weight excluding hydrogens is 256 g/mol. The maximum Gasteiger partial charge on any atom is 0.303 e. The summed E-state index contributed by atoms with van der Waals surface area (Å²) in [5, 5.41) is 10.5. The number of carbonyl (C=O) groups is 2. The minimum absolute atomic E-state index is 0.131. The average Bonchev–Trinajstić information content (AvgIpc) is 2.46. The predicted octanol–water partition coefficient (Wildman–Crippen LogP) is 1.83. The number of hydrogen-bond acceptors (Lipinski definition) is 3. The molecular formula is C15H18N2O3. The van der Waals surface area contributed by atoms with Crippen molar-refractivity contribution >= 4 is 11.9 Å². The minimum Gasteiger partial charge on any atom is -0.481 e. The third-order valence-electron chi connectivity index (χ3n) is 3.18. The Bertz CT molecular complexity index is 511. The second-order valence-corrected chi connectivity index (χ2v) is 4.77. The lowest BCUT2D eigenvalue weighted by atomic mass is 10.1. The van der Waals surface area contributed by atoms with Crippen LogP contribution in [0.15, 0.2) is 42.0 Å². The van der Waals surface area contributed by atoms with Crippen LogP contribution in [0.5, 0.6) is 0 Å². The summed E-state index contributed by atoms with van der Waals surface area (Å²) < 4.78 is 0. The topological polar surface area (TPSA) is 69.6 Å². The van der Waals surface area contributed by atoms with E-state index in [2.05, 4.69) is 11.5 Å². The number of nitrogens with zero attached hydrogens (tertiary/aromatic N) is 1. The molecule has 0 aromatic heterocycles. The van der Waals surface area contributed by atoms with E-state index in [4.69, 9.17) is 5.11 Å². The first kappa shape index (κ1) is 14.3. The zero-order valence-corrected chi connectivity index (χ0v) is 11.2. The summed E-state index contributed by atoms with van der Waals surface area (Å²) in [5.41, 5.74) is 4.54. The van der Waals surface area contributed by atoms with Crippen molar-refractivity contribution in [2.45, 2.75) is 19.3 Å². The average molecular weight is 274 g/mol. The van der Waals surface area contributed by atoms with Crippen LogP contribution in [-0.2, 0) is 4.79 Å². The number of rotatable bonds is 5. The van der Waals surface area contributed by atoms with Gasteiger partial charge in [-0.2, -0.15) is 0 Å². The van der Waals surface area contributed by atoms with Gasteiger partial charge in [0.1, 0.15) is 0 Å². The molecule has 20 heavy (non-hydrogen) atoms. The van der Waals surface area contributed by atoms with Crippen molar-refractivity contribution in [2.24, 2.45) is 0 Å². The van der Waals surface area contributed by atoms with Crippen LogP contribution < -0.4 is 5.43 Å². The van der Waals surface area contributed by atoms with Gasteiger partial charge in [-0.1, -0.05) is 29.8 Å². The molecule has 0 saturated carbocycles. The van der Waals surface area contributed by atoms with E-state index in [9.17, 15) is 9.59 Å². The summed E-state index contributed by atoms with van der Waals surface area (Å²) in [5.74, 6) is -0.929. The smallest absolute Gasteiger partial charge is 0.303 e. The number of carboxylic acids is 1. The fourth-order valence-corrected chi connectivity index (χ4v) is 2.15. The number of hydrazine groups is 1. The first-order valence-electron chi connectivity index (χ1n) is 6.66. The Labute approximate surface area is 117 Å². The molecule has 5 nitrogen and oxygen atoms in total.